The highest BCUT2D eigenvalue weighted by molar-refractivity contribution is 5.71. The molecule has 1 atom stereocenters. The minimum Gasteiger partial charge on any atom is -0.463 e. The van der Waals surface area contributed by atoms with Crippen molar-refractivity contribution in [3.63, 3.8) is 0 Å². The number of morpholine rings is 1. The minimum atomic E-state index is -0.0812. The van der Waals surface area contributed by atoms with E-state index in [1.54, 1.807) is 0 Å². The average Bonchev–Trinajstić information content (AvgIpc) is 3.05. The molecule has 0 amide bonds. The Morgan fingerprint density at radius 1 is 1.04 bits per heavy atom. The van der Waals surface area contributed by atoms with Gasteiger partial charge in [0.05, 0.1) is 19.8 Å². The molecule has 0 saturated carbocycles. The van der Waals surface area contributed by atoms with Crippen LogP contribution in [0.15, 0.2) is 0 Å². The lowest BCUT2D eigenvalue weighted by Gasteiger charge is -2.36. The third-order valence-electron chi connectivity index (χ3n) is 5.43. The van der Waals surface area contributed by atoms with E-state index in [1.165, 1.54) is 6.42 Å². The Hall–Kier alpha value is -0.730. The number of esters is 1. The molecule has 0 spiro atoms. The molecule has 3 heterocycles. The van der Waals surface area contributed by atoms with Crippen molar-refractivity contribution in [1.82, 2.24) is 19.6 Å². The second-order valence-corrected chi connectivity index (χ2v) is 7.19. The molecule has 3 saturated heterocycles. The first-order chi connectivity index (χ1) is 11.7. The van der Waals surface area contributed by atoms with Gasteiger partial charge >= 0.3 is 5.97 Å². The number of hydrogen-bond acceptors (Lipinski definition) is 7. The Morgan fingerprint density at radius 2 is 1.79 bits per heavy atom. The van der Waals surface area contributed by atoms with Crippen LogP contribution in [0.2, 0.25) is 0 Å². The molecule has 0 radical (unpaired) electrons. The highest BCUT2D eigenvalue weighted by atomic mass is 16.5. The van der Waals surface area contributed by atoms with Crippen LogP contribution in [0, 0.1) is 0 Å². The first-order valence-electron chi connectivity index (χ1n) is 9.31. The number of likely N-dealkylation sites (tertiary alicyclic amines) is 1. The predicted octanol–water partition coefficient (Wildman–Crippen LogP) is -0.816. The van der Waals surface area contributed by atoms with E-state index < -0.39 is 0 Å². The number of likely N-dealkylation sites (N-methyl/N-ethyl adjacent to an activating group) is 1. The van der Waals surface area contributed by atoms with Gasteiger partial charge in [0, 0.05) is 64.9 Å². The van der Waals surface area contributed by atoms with Gasteiger partial charge in [-0.3, -0.25) is 19.5 Å². The SMILES string of the molecule is CN1CCN(C2CCN(CC(=O)OCCN3CCOCC3)C2)CC1. The van der Waals surface area contributed by atoms with Crippen molar-refractivity contribution in [1.29, 1.82) is 0 Å². The summed E-state index contributed by atoms with van der Waals surface area (Å²) >= 11 is 0. The Kier molecular flexibility index (Phi) is 6.85. The van der Waals surface area contributed by atoms with Gasteiger partial charge in [-0.15, -0.1) is 0 Å². The fraction of sp³-hybridized carbons (Fsp3) is 0.941. The van der Waals surface area contributed by atoms with Crippen LogP contribution >= 0.6 is 0 Å². The highest BCUT2D eigenvalue weighted by Gasteiger charge is 2.30. The van der Waals surface area contributed by atoms with Crippen LogP contribution in [0.5, 0.6) is 0 Å². The third kappa shape index (κ3) is 5.39. The molecule has 3 fully saturated rings. The Balaban J connectivity index is 1.29. The Morgan fingerprint density at radius 3 is 2.54 bits per heavy atom. The molecule has 0 bridgehead atoms. The quantitative estimate of drug-likeness (QED) is 0.586. The van der Waals surface area contributed by atoms with E-state index in [2.05, 4.69) is 26.6 Å². The maximum atomic E-state index is 12.0. The first kappa shape index (κ1) is 18.1. The summed E-state index contributed by atoms with van der Waals surface area (Å²) in [7, 11) is 2.19. The second-order valence-electron chi connectivity index (χ2n) is 7.19. The minimum absolute atomic E-state index is 0.0812. The number of carbonyl (C=O) groups excluding carboxylic acids is 1. The zero-order valence-electron chi connectivity index (χ0n) is 15.0. The molecule has 1 unspecified atom stereocenters. The molecule has 7 heteroatoms. The summed E-state index contributed by atoms with van der Waals surface area (Å²) in [5, 5.41) is 0. The van der Waals surface area contributed by atoms with Gasteiger partial charge in [-0.2, -0.15) is 0 Å². The lowest BCUT2D eigenvalue weighted by molar-refractivity contribution is -0.145. The van der Waals surface area contributed by atoms with Crippen LogP contribution in [0.4, 0.5) is 0 Å². The van der Waals surface area contributed by atoms with Crippen molar-refractivity contribution in [3.05, 3.63) is 0 Å². The van der Waals surface area contributed by atoms with Crippen LogP contribution < -0.4 is 0 Å². The fourth-order valence-corrected chi connectivity index (χ4v) is 3.78. The molecule has 138 valence electrons. The summed E-state index contributed by atoms with van der Waals surface area (Å²) in [6.07, 6.45) is 1.17. The van der Waals surface area contributed by atoms with Crippen LogP contribution in [0.25, 0.3) is 0 Å². The van der Waals surface area contributed by atoms with Gasteiger partial charge in [0.2, 0.25) is 0 Å². The smallest absolute Gasteiger partial charge is 0.320 e. The predicted molar refractivity (Wildman–Crippen MR) is 92.1 cm³/mol. The molecule has 3 aliphatic heterocycles. The van der Waals surface area contributed by atoms with E-state index in [4.69, 9.17) is 9.47 Å². The number of ether oxygens (including phenoxy) is 2. The van der Waals surface area contributed by atoms with E-state index in [0.29, 0.717) is 19.2 Å². The van der Waals surface area contributed by atoms with Gasteiger partial charge in [-0.05, 0) is 13.5 Å². The van der Waals surface area contributed by atoms with Crippen molar-refractivity contribution < 1.29 is 14.3 Å². The van der Waals surface area contributed by atoms with Crippen molar-refractivity contribution in [2.75, 3.05) is 92.3 Å². The molecule has 0 aromatic rings. The summed E-state index contributed by atoms with van der Waals surface area (Å²) in [5.74, 6) is -0.0812. The van der Waals surface area contributed by atoms with Gasteiger partial charge in [0.25, 0.3) is 0 Å². The summed E-state index contributed by atoms with van der Waals surface area (Å²) in [6.45, 7) is 11.8. The zero-order chi connectivity index (χ0) is 16.8. The monoisotopic (exact) mass is 340 g/mol. The summed E-state index contributed by atoms with van der Waals surface area (Å²) < 4.78 is 10.7. The molecular formula is C17H32N4O3. The summed E-state index contributed by atoms with van der Waals surface area (Å²) in [4.78, 5) is 21.5. The van der Waals surface area contributed by atoms with Gasteiger partial charge in [0.1, 0.15) is 6.61 Å². The summed E-state index contributed by atoms with van der Waals surface area (Å²) in [6, 6.07) is 0.611. The van der Waals surface area contributed by atoms with E-state index in [-0.39, 0.29) is 5.97 Å². The normalized spacial score (nSPS) is 28.3. The fourth-order valence-electron chi connectivity index (χ4n) is 3.78. The van der Waals surface area contributed by atoms with Gasteiger partial charge < -0.3 is 14.4 Å². The van der Waals surface area contributed by atoms with E-state index in [9.17, 15) is 4.79 Å². The van der Waals surface area contributed by atoms with Crippen molar-refractivity contribution in [2.24, 2.45) is 0 Å². The van der Waals surface area contributed by atoms with Crippen molar-refractivity contribution in [2.45, 2.75) is 12.5 Å². The molecular weight excluding hydrogens is 308 g/mol. The number of nitrogens with zero attached hydrogens (tertiary/aromatic N) is 4. The number of piperazine rings is 1. The van der Waals surface area contributed by atoms with Crippen molar-refractivity contribution in [3.8, 4) is 0 Å². The number of rotatable bonds is 6. The molecule has 3 aliphatic rings. The van der Waals surface area contributed by atoms with Crippen LogP contribution in [-0.4, -0.2) is 124 Å². The topological polar surface area (TPSA) is 48.5 Å². The summed E-state index contributed by atoms with van der Waals surface area (Å²) in [5.41, 5.74) is 0. The standard InChI is InChI=1S/C17H32N4O3/c1-18-4-6-21(7-5-18)16-2-3-20(14-16)15-17(22)24-13-10-19-8-11-23-12-9-19/h16H,2-15H2,1H3. The molecule has 0 aromatic carbocycles. The lowest BCUT2D eigenvalue weighted by atomic mass is 10.2. The van der Waals surface area contributed by atoms with Gasteiger partial charge in [-0.1, -0.05) is 0 Å². The van der Waals surface area contributed by atoms with E-state index in [0.717, 1.165) is 72.1 Å². The maximum Gasteiger partial charge on any atom is 0.320 e. The molecule has 24 heavy (non-hydrogen) atoms. The van der Waals surface area contributed by atoms with Crippen LogP contribution in [0.3, 0.4) is 0 Å². The Bertz CT molecular complexity index is 395. The molecule has 0 aliphatic carbocycles. The second kappa shape index (κ2) is 9.10. The average molecular weight is 340 g/mol. The molecule has 3 rings (SSSR count). The Labute approximate surface area is 145 Å². The van der Waals surface area contributed by atoms with Crippen LogP contribution in [-0.2, 0) is 14.3 Å². The van der Waals surface area contributed by atoms with Gasteiger partial charge in [0.15, 0.2) is 0 Å². The van der Waals surface area contributed by atoms with Crippen LogP contribution in [0.1, 0.15) is 6.42 Å². The van der Waals surface area contributed by atoms with E-state index in [1.807, 2.05) is 0 Å². The maximum absolute atomic E-state index is 12.0. The molecule has 0 N–H and O–H groups in total. The lowest BCUT2D eigenvalue weighted by Crippen LogP contribution is -2.49. The zero-order valence-corrected chi connectivity index (χ0v) is 15.0. The largest absolute Gasteiger partial charge is 0.463 e. The molecule has 0 aromatic heterocycles. The highest BCUT2D eigenvalue weighted by Crippen LogP contribution is 2.17. The van der Waals surface area contributed by atoms with E-state index >= 15 is 0 Å². The van der Waals surface area contributed by atoms with Gasteiger partial charge in [-0.25, -0.2) is 0 Å². The van der Waals surface area contributed by atoms with Crippen molar-refractivity contribution >= 4 is 5.97 Å². The third-order valence-corrected chi connectivity index (χ3v) is 5.43. The first-order valence-corrected chi connectivity index (χ1v) is 9.31. The number of carbonyl (C=O) groups is 1. The number of hydrogen-bond donors (Lipinski definition) is 0. The molecule has 7 nitrogen and oxygen atoms in total.